The van der Waals surface area contributed by atoms with Crippen LogP contribution in [0.15, 0.2) is 29.3 Å². The van der Waals surface area contributed by atoms with Gasteiger partial charge in [0.15, 0.2) is 10.9 Å². The van der Waals surface area contributed by atoms with Gasteiger partial charge in [0, 0.05) is 5.02 Å². The predicted molar refractivity (Wildman–Crippen MR) is 77.8 cm³/mol. The highest BCUT2D eigenvalue weighted by molar-refractivity contribution is 7.22. The smallest absolute Gasteiger partial charge is 0.271 e. The summed E-state index contributed by atoms with van der Waals surface area (Å²) in [4.78, 5) is 22.1. The third-order valence-electron chi connectivity index (χ3n) is 2.37. The molecule has 5 nitrogen and oxygen atoms in total. The maximum Gasteiger partial charge on any atom is 0.271 e. The minimum atomic E-state index is -0.400. The number of anilines is 2. The zero-order valence-corrected chi connectivity index (χ0v) is 11.6. The molecule has 2 aromatic heterocycles. The molecule has 0 bridgehead atoms. The third-order valence-corrected chi connectivity index (χ3v) is 3.89. The van der Waals surface area contributed by atoms with Crippen LogP contribution in [-0.4, -0.2) is 15.0 Å². The molecule has 0 aliphatic carbocycles. The van der Waals surface area contributed by atoms with Gasteiger partial charge in [0.1, 0.15) is 5.02 Å². The summed E-state index contributed by atoms with van der Waals surface area (Å²) in [7, 11) is 0. The summed E-state index contributed by atoms with van der Waals surface area (Å²) in [6, 6.07) is 5.42. The molecule has 2 heterocycles. The number of fused-ring (bicyclic) bond motifs is 1. The molecule has 0 amide bonds. The maximum atomic E-state index is 11.3. The van der Waals surface area contributed by atoms with Crippen LogP contribution in [0, 0.1) is 0 Å². The van der Waals surface area contributed by atoms with Gasteiger partial charge in [-0.1, -0.05) is 34.5 Å². The van der Waals surface area contributed by atoms with E-state index < -0.39 is 5.56 Å². The first-order valence-electron chi connectivity index (χ1n) is 5.20. The molecule has 3 aromatic rings. The number of hydrogen-bond acceptors (Lipinski definition) is 5. The van der Waals surface area contributed by atoms with Crippen molar-refractivity contribution in [3.63, 3.8) is 0 Å². The standard InChI is InChI=1S/C11H6Cl2N4OS/c12-5-1-2-6-7(3-5)19-11(16-6)17-9-8(13)10(18)15-4-14-9/h1-4H,(H2,14,15,16,17,18). The average molecular weight is 313 g/mol. The molecule has 2 N–H and O–H groups in total. The average Bonchev–Trinajstić information content (AvgIpc) is 2.76. The lowest BCUT2D eigenvalue weighted by molar-refractivity contribution is 1.12. The molecule has 8 heteroatoms. The van der Waals surface area contributed by atoms with Gasteiger partial charge in [-0.2, -0.15) is 0 Å². The van der Waals surface area contributed by atoms with Crippen LogP contribution in [0.4, 0.5) is 10.9 Å². The highest BCUT2D eigenvalue weighted by atomic mass is 35.5. The van der Waals surface area contributed by atoms with E-state index in [1.54, 1.807) is 6.07 Å². The molecule has 0 unspecified atom stereocenters. The fourth-order valence-electron chi connectivity index (χ4n) is 1.52. The van der Waals surface area contributed by atoms with Crippen LogP contribution in [0.1, 0.15) is 0 Å². The van der Waals surface area contributed by atoms with E-state index in [1.165, 1.54) is 17.7 Å². The monoisotopic (exact) mass is 312 g/mol. The van der Waals surface area contributed by atoms with Crippen LogP contribution in [0.5, 0.6) is 0 Å². The molecular weight excluding hydrogens is 307 g/mol. The Morgan fingerprint density at radius 1 is 1.32 bits per heavy atom. The number of rotatable bonds is 2. The molecule has 0 aliphatic rings. The van der Waals surface area contributed by atoms with Crippen molar-refractivity contribution in [3.05, 3.63) is 44.9 Å². The molecule has 1 aromatic carbocycles. The van der Waals surface area contributed by atoms with Crippen LogP contribution in [0.2, 0.25) is 10.0 Å². The fraction of sp³-hybridized carbons (Fsp3) is 0. The molecule has 0 saturated heterocycles. The van der Waals surface area contributed by atoms with E-state index in [1.807, 2.05) is 12.1 Å². The molecule has 0 spiro atoms. The third kappa shape index (κ3) is 2.42. The van der Waals surface area contributed by atoms with Gasteiger partial charge in [-0.05, 0) is 18.2 Å². The lowest BCUT2D eigenvalue weighted by Gasteiger charge is -2.01. The Morgan fingerprint density at radius 3 is 3.00 bits per heavy atom. The van der Waals surface area contributed by atoms with Gasteiger partial charge in [0.05, 0.1) is 16.5 Å². The van der Waals surface area contributed by atoms with Gasteiger partial charge in [0.25, 0.3) is 5.56 Å². The Kier molecular flexibility index (Phi) is 3.14. The van der Waals surface area contributed by atoms with Crippen LogP contribution in [-0.2, 0) is 0 Å². The minimum Gasteiger partial charge on any atom is -0.315 e. The van der Waals surface area contributed by atoms with Gasteiger partial charge in [-0.25, -0.2) is 9.97 Å². The molecule has 19 heavy (non-hydrogen) atoms. The molecule has 0 saturated carbocycles. The Hall–Kier alpha value is -1.63. The van der Waals surface area contributed by atoms with Crippen molar-refractivity contribution in [2.45, 2.75) is 0 Å². The van der Waals surface area contributed by atoms with Crippen molar-refractivity contribution in [3.8, 4) is 0 Å². The van der Waals surface area contributed by atoms with E-state index in [9.17, 15) is 4.79 Å². The van der Waals surface area contributed by atoms with Crippen LogP contribution >= 0.6 is 34.5 Å². The number of H-pyrrole nitrogens is 1. The Labute approximate surface area is 121 Å². The second kappa shape index (κ2) is 4.80. The largest absolute Gasteiger partial charge is 0.315 e. The maximum absolute atomic E-state index is 11.3. The van der Waals surface area contributed by atoms with Crippen molar-refractivity contribution < 1.29 is 0 Å². The zero-order valence-electron chi connectivity index (χ0n) is 9.28. The van der Waals surface area contributed by atoms with E-state index in [2.05, 4.69) is 20.3 Å². The van der Waals surface area contributed by atoms with Crippen LogP contribution < -0.4 is 10.9 Å². The molecule has 0 radical (unpaired) electrons. The second-order valence-electron chi connectivity index (χ2n) is 3.65. The van der Waals surface area contributed by atoms with E-state index >= 15 is 0 Å². The molecule has 3 rings (SSSR count). The second-order valence-corrected chi connectivity index (χ2v) is 5.50. The summed E-state index contributed by atoms with van der Waals surface area (Å²) in [5.41, 5.74) is 0.418. The van der Waals surface area contributed by atoms with Gasteiger partial charge in [-0.15, -0.1) is 0 Å². The van der Waals surface area contributed by atoms with Crippen molar-refractivity contribution >= 4 is 55.7 Å². The molecule has 0 aliphatic heterocycles. The summed E-state index contributed by atoms with van der Waals surface area (Å²) in [5.74, 6) is 0.274. The van der Waals surface area contributed by atoms with Gasteiger partial charge < -0.3 is 10.3 Å². The van der Waals surface area contributed by atoms with Crippen LogP contribution in [0.25, 0.3) is 10.2 Å². The summed E-state index contributed by atoms with van der Waals surface area (Å²) >= 11 is 13.2. The van der Waals surface area contributed by atoms with E-state index in [0.717, 1.165) is 10.2 Å². The van der Waals surface area contributed by atoms with Gasteiger partial charge >= 0.3 is 0 Å². The lowest BCUT2D eigenvalue weighted by Crippen LogP contribution is -2.09. The Balaban J connectivity index is 2.01. The minimum absolute atomic E-state index is 0.000196. The highest BCUT2D eigenvalue weighted by Gasteiger charge is 2.09. The molecule has 0 atom stereocenters. The van der Waals surface area contributed by atoms with Crippen molar-refractivity contribution in [2.75, 3.05) is 5.32 Å². The topological polar surface area (TPSA) is 70.7 Å². The Morgan fingerprint density at radius 2 is 2.16 bits per heavy atom. The quantitative estimate of drug-likeness (QED) is 0.760. The van der Waals surface area contributed by atoms with Gasteiger partial charge in [0.2, 0.25) is 0 Å². The fourth-order valence-corrected chi connectivity index (χ4v) is 2.81. The summed E-state index contributed by atoms with van der Waals surface area (Å²) < 4.78 is 0.941. The van der Waals surface area contributed by atoms with E-state index in [0.29, 0.717) is 10.2 Å². The lowest BCUT2D eigenvalue weighted by atomic mass is 10.3. The number of nitrogens with one attached hydrogen (secondary N) is 2. The molecule has 96 valence electrons. The zero-order chi connectivity index (χ0) is 13.4. The van der Waals surface area contributed by atoms with Gasteiger partial charge in [-0.3, -0.25) is 4.79 Å². The van der Waals surface area contributed by atoms with Crippen molar-refractivity contribution in [1.29, 1.82) is 0 Å². The molecule has 0 fully saturated rings. The highest BCUT2D eigenvalue weighted by Crippen LogP contribution is 2.30. The first-order valence-corrected chi connectivity index (χ1v) is 6.77. The SMILES string of the molecule is O=c1[nH]cnc(Nc2nc3ccc(Cl)cc3s2)c1Cl. The summed E-state index contributed by atoms with van der Waals surface area (Å²) in [5, 5.41) is 4.17. The summed E-state index contributed by atoms with van der Waals surface area (Å²) in [6.45, 7) is 0. The number of hydrogen-bond donors (Lipinski definition) is 2. The van der Waals surface area contributed by atoms with Crippen molar-refractivity contribution in [1.82, 2.24) is 15.0 Å². The predicted octanol–water partition coefficient (Wildman–Crippen LogP) is 3.43. The Bertz CT molecular complexity index is 814. The normalized spacial score (nSPS) is 10.8. The molecular formula is C11H6Cl2N4OS. The summed E-state index contributed by atoms with van der Waals surface area (Å²) in [6.07, 6.45) is 1.28. The number of benzene rings is 1. The number of aromatic nitrogens is 3. The van der Waals surface area contributed by atoms with Crippen LogP contribution in [0.3, 0.4) is 0 Å². The number of halogens is 2. The first-order chi connectivity index (χ1) is 9.13. The number of nitrogens with zero attached hydrogens (tertiary/aromatic N) is 2. The van der Waals surface area contributed by atoms with Crippen molar-refractivity contribution in [2.24, 2.45) is 0 Å². The first kappa shape index (κ1) is 12.4. The van der Waals surface area contributed by atoms with E-state index in [-0.39, 0.29) is 10.8 Å². The van der Waals surface area contributed by atoms with E-state index in [4.69, 9.17) is 23.2 Å². The number of aromatic amines is 1. The number of thiazole rings is 1.